The Morgan fingerprint density at radius 2 is 1.80 bits per heavy atom. The summed E-state index contributed by atoms with van der Waals surface area (Å²) in [6.45, 7) is 4.07. The van der Waals surface area contributed by atoms with E-state index in [1.807, 2.05) is 19.9 Å². The van der Waals surface area contributed by atoms with E-state index >= 15 is 0 Å². The highest BCUT2D eigenvalue weighted by molar-refractivity contribution is 5.88. The van der Waals surface area contributed by atoms with Crippen molar-refractivity contribution in [3.8, 4) is 0 Å². The molecule has 0 aromatic carbocycles. The summed E-state index contributed by atoms with van der Waals surface area (Å²) in [5, 5.41) is 16.8. The minimum Gasteiger partial charge on any atom is -0.366 e. The molecule has 0 radical (unpaired) electrons. The van der Waals surface area contributed by atoms with Crippen LogP contribution in [0.25, 0.3) is 0 Å². The highest BCUT2D eigenvalue weighted by Gasteiger charge is 2.15. The molecule has 0 atom stereocenters. The molecule has 0 saturated heterocycles. The van der Waals surface area contributed by atoms with Gasteiger partial charge in [0.2, 0.25) is 0 Å². The first-order valence-corrected chi connectivity index (χ1v) is 7.31. The first-order valence-electron chi connectivity index (χ1n) is 7.31. The van der Waals surface area contributed by atoms with Crippen molar-refractivity contribution >= 4 is 17.7 Å². The highest BCUT2D eigenvalue weighted by atomic mass is 16.2. The van der Waals surface area contributed by atoms with E-state index < -0.39 is 0 Å². The van der Waals surface area contributed by atoms with E-state index in [1.54, 1.807) is 6.07 Å². The van der Waals surface area contributed by atoms with E-state index in [-0.39, 0.29) is 6.03 Å². The molecule has 0 bridgehead atoms. The van der Waals surface area contributed by atoms with E-state index in [9.17, 15) is 4.79 Å². The van der Waals surface area contributed by atoms with Gasteiger partial charge in [0.05, 0.1) is 0 Å². The van der Waals surface area contributed by atoms with Gasteiger partial charge in [-0.25, -0.2) is 4.79 Å². The van der Waals surface area contributed by atoms with Crippen LogP contribution in [0.3, 0.4) is 0 Å². The molecule has 1 saturated carbocycles. The van der Waals surface area contributed by atoms with Gasteiger partial charge in [0.15, 0.2) is 5.82 Å². The van der Waals surface area contributed by atoms with Crippen molar-refractivity contribution in [3.05, 3.63) is 12.1 Å². The smallest absolute Gasteiger partial charge is 0.320 e. The quantitative estimate of drug-likeness (QED) is 0.790. The molecule has 1 aromatic heterocycles. The molecule has 0 spiro atoms. The number of aromatic nitrogens is 2. The number of rotatable bonds is 4. The van der Waals surface area contributed by atoms with E-state index in [1.165, 1.54) is 19.3 Å². The number of carbonyl (C=O) groups is 1. The lowest BCUT2D eigenvalue weighted by Gasteiger charge is -2.22. The Kier molecular flexibility index (Phi) is 5.15. The fraction of sp³-hybridized carbons (Fsp3) is 0.643. The maximum absolute atomic E-state index is 11.8. The average molecular weight is 277 g/mol. The summed E-state index contributed by atoms with van der Waals surface area (Å²) in [5.74, 6) is 1.17. The molecule has 2 amide bonds. The second kappa shape index (κ2) is 7.07. The third-order valence-corrected chi connectivity index (χ3v) is 3.28. The second-order valence-corrected chi connectivity index (χ2v) is 5.54. The molecule has 1 heterocycles. The summed E-state index contributed by atoms with van der Waals surface area (Å²) < 4.78 is 0. The molecule has 6 heteroatoms. The van der Waals surface area contributed by atoms with Gasteiger partial charge in [-0.05, 0) is 38.8 Å². The molecule has 6 nitrogen and oxygen atoms in total. The highest BCUT2D eigenvalue weighted by Crippen LogP contribution is 2.17. The van der Waals surface area contributed by atoms with Crippen LogP contribution in [0.2, 0.25) is 0 Å². The van der Waals surface area contributed by atoms with Crippen LogP contribution in [0.1, 0.15) is 46.0 Å². The zero-order valence-electron chi connectivity index (χ0n) is 12.1. The molecule has 110 valence electrons. The summed E-state index contributed by atoms with van der Waals surface area (Å²) in [4.78, 5) is 11.8. The van der Waals surface area contributed by atoms with E-state index in [0.717, 1.165) is 12.8 Å². The number of amides is 2. The number of hydrogen-bond donors (Lipinski definition) is 3. The lowest BCUT2D eigenvalue weighted by Crippen LogP contribution is -2.39. The molecule has 0 unspecified atom stereocenters. The molecular formula is C14H23N5O. The minimum absolute atomic E-state index is 0.198. The monoisotopic (exact) mass is 277 g/mol. The fourth-order valence-corrected chi connectivity index (χ4v) is 2.36. The zero-order chi connectivity index (χ0) is 14.4. The van der Waals surface area contributed by atoms with Gasteiger partial charge in [-0.15, -0.1) is 10.2 Å². The zero-order valence-corrected chi connectivity index (χ0v) is 12.1. The van der Waals surface area contributed by atoms with E-state index in [0.29, 0.717) is 23.7 Å². The minimum atomic E-state index is -0.198. The fourth-order valence-electron chi connectivity index (χ4n) is 2.36. The molecule has 1 aromatic rings. The van der Waals surface area contributed by atoms with Crippen molar-refractivity contribution in [2.75, 3.05) is 10.6 Å². The SMILES string of the molecule is CC(C)Nc1ccc(NC(=O)NC2CCCCC2)nn1. The van der Waals surface area contributed by atoms with Gasteiger partial charge in [0, 0.05) is 12.1 Å². The van der Waals surface area contributed by atoms with Crippen LogP contribution in [0, 0.1) is 0 Å². The van der Waals surface area contributed by atoms with Gasteiger partial charge >= 0.3 is 6.03 Å². The van der Waals surface area contributed by atoms with Gasteiger partial charge in [-0.1, -0.05) is 19.3 Å². The molecule has 3 N–H and O–H groups in total. The number of anilines is 2. The first-order chi connectivity index (χ1) is 9.63. The van der Waals surface area contributed by atoms with Crippen molar-refractivity contribution in [1.29, 1.82) is 0 Å². The number of nitrogens with zero attached hydrogens (tertiary/aromatic N) is 2. The number of hydrogen-bond acceptors (Lipinski definition) is 4. The summed E-state index contributed by atoms with van der Waals surface area (Å²) >= 11 is 0. The Morgan fingerprint density at radius 1 is 1.15 bits per heavy atom. The van der Waals surface area contributed by atoms with Crippen molar-refractivity contribution in [1.82, 2.24) is 15.5 Å². The Balaban J connectivity index is 1.81. The van der Waals surface area contributed by atoms with Crippen LogP contribution in [0.15, 0.2) is 12.1 Å². The number of carbonyl (C=O) groups excluding carboxylic acids is 1. The number of urea groups is 1. The van der Waals surface area contributed by atoms with Crippen LogP contribution >= 0.6 is 0 Å². The van der Waals surface area contributed by atoms with Crippen LogP contribution in [0.4, 0.5) is 16.4 Å². The first kappa shape index (κ1) is 14.6. The lowest BCUT2D eigenvalue weighted by molar-refractivity contribution is 0.244. The predicted octanol–water partition coefficient (Wildman–Crippen LogP) is 2.75. The molecule has 2 rings (SSSR count). The van der Waals surface area contributed by atoms with Gasteiger partial charge < -0.3 is 10.6 Å². The Labute approximate surface area is 119 Å². The van der Waals surface area contributed by atoms with E-state index in [2.05, 4.69) is 26.1 Å². The Bertz CT molecular complexity index is 426. The molecular weight excluding hydrogens is 254 g/mol. The van der Waals surface area contributed by atoms with Gasteiger partial charge in [0.25, 0.3) is 0 Å². The number of nitrogens with one attached hydrogen (secondary N) is 3. The third kappa shape index (κ3) is 4.68. The van der Waals surface area contributed by atoms with Crippen molar-refractivity contribution in [2.24, 2.45) is 0 Å². The summed E-state index contributed by atoms with van der Waals surface area (Å²) in [6.07, 6.45) is 5.79. The topological polar surface area (TPSA) is 78.9 Å². The van der Waals surface area contributed by atoms with Crippen molar-refractivity contribution in [3.63, 3.8) is 0 Å². The van der Waals surface area contributed by atoms with E-state index in [4.69, 9.17) is 0 Å². The summed E-state index contributed by atoms with van der Waals surface area (Å²) in [6, 6.07) is 3.95. The van der Waals surface area contributed by atoms with Gasteiger partial charge in [-0.3, -0.25) is 5.32 Å². The second-order valence-electron chi connectivity index (χ2n) is 5.54. The summed E-state index contributed by atoms with van der Waals surface area (Å²) in [5.41, 5.74) is 0. The normalized spacial score (nSPS) is 15.9. The van der Waals surface area contributed by atoms with Crippen LogP contribution in [-0.2, 0) is 0 Å². The largest absolute Gasteiger partial charge is 0.366 e. The third-order valence-electron chi connectivity index (χ3n) is 3.28. The average Bonchev–Trinajstić information content (AvgIpc) is 2.41. The molecule has 0 aliphatic heterocycles. The molecule has 1 aliphatic rings. The molecule has 1 fully saturated rings. The predicted molar refractivity (Wildman–Crippen MR) is 79.8 cm³/mol. The molecule has 1 aliphatic carbocycles. The maximum atomic E-state index is 11.8. The summed E-state index contributed by atoms with van der Waals surface area (Å²) in [7, 11) is 0. The Morgan fingerprint density at radius 3 is 2.40 bits per heavy atom. The van der Waals surface area contributed by atoms with Crippen LogP contribution in [0.5, 0.6) is 0 Å². The van der Waals surface area contributed by atoms with Crippen LogP contribution < -0.4 is 16.0 Å². The van der Waals surface area contributed by atoms with Crippen molar-refractivity contribution in [2.45, 2.75) is 58.0 Å². The van der Waals surface area contributed by atoms with Crippen LogP contribution in [-0.4, -0.2) is 28.3 Å². The Hall–Kier alpha value is -1.85. The lowest BCUT2D eigenvalue weighted by atomic mass is 9.96. The maximum Gasteiger partial charge on any atom is 0.320 e. The van der Waals surface area contributed by atoms with Crippen molar-refractivity contribution < 1.29 is 4.79 Å². The van der Waals surface area contributed by atoms with Gasteiger partial charge in [-0.2, -0.15) is 0 Å². The standard InChI is InChI=1S/C14H23N5O/c1-10(2)15-12-8-9-13(19-18-12)17-14(20)16-11-6-4-3-5-7-11/h8-11H,3-7H2,1-2H3,(H,15,18)(H2,16,17,19,20). The molecule has 20 heavy (non-hydrogen) atoms. The van der Waals surface area contributed by atoms with Gasteiger partial charge in [0.1, 0.15) is 5.82 Å².